The van der Waals surface area contributed by atoms with E-state index in [1.54, 1.807) is 29.2 Å². The van der Waals surface area contributed by atoms with Crippen molar-refractivity contribution >= 4 is 11.6 Å². The molecule has 1 aromatic rings. The molecule has 1 saturated heterocycles. The van der Waals surface area contributed by atoms with Crippen LogP contribution in [0.15, 0.2) is 24.3 Å². The first-order chi connectivity index (χ1) is 8.70. The van der Waals surface area contributed by atoms with Crippen molar-refractivity contribution in [3.63, 3.8) is 0 Å². The number of aliphatic hydroxyl groups excluding tert-OH is 1. The second-order valence-corrected chi connectivity index (χ2v) is 4.43. The molecule has 5 nitrogen and oxygen atoms in total. The van der Waals surface area contributed by atoms with Gasteiger partial charge in [0, 0.05) is 18.3 Å². The smallest absolute Gasteiger partial charge is 0.260 e. The van der Waals surface area contributed by atoms with Gasteiger partial charge < -0.3 is 20.5 Å². The third-order valence-corrected chi connectivity index (χ3v) is 3.13. The van der Waals surface area contributed by atoms with Crippen LogP contribution in [-0.2, 0) is 4.79 Å². The summed E-state index contributed by atoms with van der Waals surface area (Å²) in [5, 5.41) is 9.16. The van der Waals surface area contributed by atoms with Gasteiger partial charge >= 0.3 is 0 Å². The van der Waals surface area contributed by atoms with Gasteiger partial charge in [-0.05, 0) is 25.0 Å². The normalized spacial score (nSPS) is 18.9. The summed E-state index contributed by atoms with van der Waals surface area (Å²) in [5.74, 6) is 0.497. The molecule has 18 heavy (non-hydrogen) atoms. The summed E-state index contributed by atoms with van der Waals surface area (Å²) in [6.45, 7) is 0.703. The molecule has 0 radical (unpaired) electrons. The van der Waals surface area contributed by atoms with Crippen molar-refractivity contribution in [1.82, 2.24) is 4.90 Å². The molecule has 1 heterocycles. The van der Waals surface area contributed by atoms with E-state index in [9.17, 15) is 4.79 Å². The predicted molar refractivity (Wildman–Crippen MR) is 68.2 cm³/mol. The molecule has 1 atom stereocenters. The Morgan fingerprint density at radius 1 is 1.56 bits per heavy atom. The van der Waals surface area contributed by atoms with E-state index in [0.717, 1.165) is 12.8 Å². The van der Waals surface area contributed by atoms with E-state index in [-0.39, 0.29) is 25.2 Å². The molecule has 1 aromatic carbocycles. The lowest BCUT2D eigenvalue weighted by atomic mass is 10.2. The number of hydrogen-bond acceptors (Lipinski definition) is 4. The molecular formula is C13H18N2O3. The van der Waals surface area contributed by atoms with E-state index in [2.05, 4.69) is 0 Å². The highest BCUT2D eigenvalue weighted by Gasteiger charge is 2.27. The topological polar surface area (TPSA) is 75.8 Å². The minimum Gasteiger partial charge on any atom is -0.484 e. The van der Waals surface area contributed by atoms with Gasteiger partial charge in [-0.3, -0.25) is 4.79 Å². The molecule has 0 aromatic heterocycles. The highest BCUT2D eigenvalue weighted by molar-refractivity contribution is 5.78. The number of carbonyl (C=O) groups is 1. The number of ether oxygens (including phenoxy) is 1. The van der Waals surface area contributed by atoms with E-state index in [0.29, 0.717) is 18.0 Å². The number of anilines is 1. The molecule has 0 unspecified atom stereocenters. The lowest BCUT2D eigenvalue weighted by Crippen LogP contribution is -2.40. The lowest BCUT2D eigenvalue weighted by Gasteiger charge is -2.22. The fourth-order valence-electron chi connectivity index (χ4n) is 2.19. The van der Waals surface area contributed by atoms with E-state index in [4.69, 9.17) is 15.6 Å². The Morgan fingerprint density at radius 3 is 3.11 bits per heavy atom. The molecule has 1 amide bonds. The summed E-state index contributed by atoms with van der Waals surface area (Å²) in [6, 6.07) is 6.93. The lowest BCUT2D eigenvalue weighted by molar-refractivity contribution is -0.134. The minimum atomic E-state index is -0.0889. The molecule has 0 aliphatic carbocycles. The van der Waals surface area contributed by atoms with Crippen molar-refractivity contribution in [3.8, 4) is 5.75 Å². The maximum atomic E-state index is 11.9. The van der Waals surface area contributed by atoms with Crippen molar-refractivity contribution < 1.29 is 14.6 Å². The number of hydrogen-bond donors (Lipinski definition) is 2. The SMILES string of the molecule is Nc1cccc(OCC(=O)N2CCC[C@@H]2CO)c1. The van der Waals surface area contributed by atoms with Gasteiger partial charge in [0.25, 0.3) is 5.91 Å². The highest BCUT2D eigenvalue weighted by atomic mass is 16.5. The number of nitrogens with two attached hydrogens (primary N) is 1. The molecule has 3 N–H and O–H groups in total. The van der Waals surface area contributed by atoms with Gasteiger partial charge in [-0.25, -0.2) is 0 Å². The molecule has 0 bridgehead atoms. The van der Waals surface area contributed by atoms with Crippen LogP contribution in [0.4, 0.5) is 5.69 Å². The van der Waals surface area contributed by atoms with Gasteiger partial charge in [-0.15, -0.1) is 0 Å². The summed E-state index contributed by atoms with van der Waals surface area (Å²) in [5.41, 5.74) is 6.23. The average Bonchev–Trinajstić information content (AvgIpc) is 2.84. The summed E-state index contributed by atoms with van der Waals surface area (Å²) >= 11 is 0. The van der Waals surface area contributed by atoms with Gasteiger partial charge in [0.1, 0.15) is 5.75 Å². The standard InChI is InChI=1S/C13H18N2O3/c14-10-3-1-5-12(7-10)18-9-13(17)15-6-2-4-11(15)8-16/h1,3,5,7,11,16H,2,4,6,8-9,14H2/t11-/m1/s1. The van der Waals surface area contributed by atoms with E-state index < -0.39 is 0 Å². The number of nitrogens with zero attached hydrogens (tertiary/aromatic N) is 1. The van der Waals surface area contributed by atoms with E-state index >= 15 is 0 Å². The molecule has 0 spiro atoms. The Hall–Kier alpha value is -1.75. The van der Waals surface area contributed by atoms with Crippen molar-refractivity contribution in [2.45, 2.75) is 18.9 Å². The number of benzene rings is 1. The number of amides is 1. The second-order valence-electron chi connectivity index (χ2n) is 4.43. The highest BCUT2D eigenvalue weighted by Crippen LogP contribution is 2.18. The maximum absolute atomic E-state index is 11.9. The Balaban J connectivity index is 1.88. The van der Waals surface area contributed by atoms with Crippen LogP contribution in [0.25, 0.3) is 0 Å². The average molecular weight is 250 g/mol. The van der Waals surface area contributed by atoms with Crippen molar-refractivity contribution in [2.75, 3.05) is 25.5 Å². The minimum absolute atomic E-state index is 0.0139. The van der Waals surface area contributed by atoms with Crippen LogP contribution in [0.2, 0.25) is 0 Å². The van der Waals surface area contributed by atoms with Gasteiger partial charge in [-0.1, -0.05) is 6.07 Å². The maximum Gasteiger partial charge on any atom is 0.260 e. The molecular weight excluding hydrogens is 232 g/mol. The Morgan fingerprint density at radius 2 is 2.39 bits per heavy atom. The van der Waals surface area contributed by atoms with Crippen LogP contribution in [0, 0.1) is 0 Å². The van der Waals surface area contributed by atoms with E-state index in [1.807, 2.05) is 0 Å². The zero-order valence-electron chi connectivity index (χ0n) is 10.2. The van der Waals surface area contributed by atoms with Crippen LogP contribution in [-0.4, -0.2) is 41.7 Å². The first-order valence-electron chi connectivity index (χ1n) is 6.09. The van der Waals surface area contributed by atoms with Crippen LogP contribution in [0.5, 0.6) is 5.75 Å². The van der Waals surface area contributed by atoms with Crippen LogP contribution < -0.4 is 10.5 Å². The monoisotopic (exact) mass is 250 g/mol. The van der Waals surface area contributed by atoms with Gasteiger partial charge in [0.15, 0.2) is 6.61 Å². The summed E-state index contributed by atoms with van der Waals surface area (Å²) in [7, 11) is 0. The van der Waals surface area contributed by atoms with Crippen LogP contribution in [0.3, 0.4) is 0 Å². The third-order valence-electron chi connectivity index (χ3n) is 3.13. The number of rotatable bonds is 4. The van der Waals surface area contributed by atoms with Crippen LogP contribution >= 0.6 is 0 Å². The van der Waals surface area contributed by atoms with Crippen LogP contribution in [0.1, 0.15) is 12.8 Å². The fraction of sp³-hybridized carbons (Fsp3) is 0.462. The molecule has 1 fully saturated rings. The van der Waals surface area contributed by atoms with Gasteiger partial charge in [0.05, 0.1) is 12.6 Å². The summed E-state index contributed by atoms with van der Waals surface area (Å²) < 4.78 is 5.40. The van der Waals surface area contributed by atoms with Crippen molar-refractivity contribution in [1.29, 1.82) is 0 Å². The summed E-state index contributed by atoms with van der Waals surface area (Å²) in [6.07, 6.45) is 1.80. The predicted octanol–water partition coefficient (Wildman–Crippen LogP) is 0.631. The fourth-order valence-corrected chi connectivity index (χ4v) is 2.19. The number of nitrogen functional groups attached to an aromatic ring is 1. The molecule has 5 heteroatoms. The molecule has 2 rings (SSSR count). The first kappa shape index (κ1) is 12.7. The van der Waals surface area contributed by atoms with E-state index in [1.165, 1.54) is 0 Å². The molecule has 98 valence electrons. The van der Waals surface area contributed by atoms with Crippen molar-refractivity contribution in [3.05, 3.63) is 24.3 Å². The number of likely N-dealkylation sites (tertiary alicyclic amines) is 1. The number of carbonyl (C=O) groups excluding carboxylic acids is 1. The molecule has 1 aliphatic rings. The van der Waals surface area contributed by atoms with Crippen molar-refractivity contribution in [2.24, 2.45) is 0 Å². The third kappa shape index (κ3) is 2.92. The number of aliphatic hydroxyl groups is 1. The first-order valence-corrected chi connectivity index (χ1v) is 6.09. The Bertz CT molecular complexity index is 422. The molecule has 0 saturated carbocycles. The largest absolute Gasteiger partial charge is 0.484 e. The van der Waals surface area contributed by atoms with Gasteiger partial charge in [0.2, 0.25) is 0 Å². The Labute approximate surface area is 106 Å². The zero-order valence-corrected chi connectivity index (χ0v) is 10.2. The zero-order chi connectivity index (χ0) is 13.0. The summed E-state index contributed by atoms with van der Waals surface area (Å²) in [4.78, 5) is 13.6. The quantitative estimate of drug-likeness (QED) is 0.769. The second kappa shape index (κ2) is 5.73. The Kier molecular flexibility index (Phi) is 4.04. The van der Waals surface area contributed by atoms with Gasteiger partial charge in [-0.2, -0.15) is 0 Å². The molecule has 1 aliphatic heterocycles.